The van der Waals surface area contributed by atoms with Crippen molar-refractivity contribution in [1.82, 2.24) is 20.2 Å². The molecule has 0 radical (unpaired) electrons. The number of carbonyl (C=O) groups excluding carboxylic acids is 1. The second kappa shape index (κ2) is 6.21. The van der Waals surface area contributed by atoms with Crippen molar-refractivity contribution in [2.24, 2.45) is 0 Å². The molecule has 2 heterocycles. The molecule has 6 nitrogen and oxygen atoms in total. The number of methoxy groups -OCH3 is 1. The predicted octanol–water partition coefficient (Wildman–Crippen LogP) is 1.84. The van der Waals surface area contributed by atoms with Crippen LogP contribution in [0.1, 0.15) is 18.5 Å². The molecule has 118 valence electrons. The molecule has 1 aromatic heterocycles. The van der Waals surface area contributed by atoms with Gasteiger partial charge in [-0.05, 0) is 36.8 Å². The van der Waals surface area contributed by atoms with Gasteiger partial charge in [-0.15, -0.1) is 0 Å². The lowest BCUT2D eigenvalue weighted by Gasteiger charge is -2.29. The third kappa shape index (κ3) is 2.95. The van der Waals surface area contributed by atoms with Crippen LogP contribution in [0.5, 0.6) is 0 Å². The fraction of sp³-hybridized carbons (Fsp3) is 0.188. The van der Waals surface area contributed by atoms with E-state index in [4.69, 9.17) is 17.0 Å². The topological polar surface area (TPSA) is 68.2 Å². The van der Waals surface area contributed by atoms with Crippen LogP contribution in [0.2, 0.25) is 0 Å². The zero-order chi connectivity index (χ0) is 16.4. The van der Waals surface area contributed by atoms with E-state index in [0.717, 1.165) is 11.3 Å². The van der Waals surface area contributed by atoms with Crippen molar-refractivity contribution in [3.05, 3.63) is 59.8 Å². The van der Waals surface area contributed by atoms with Gasteiger partial charge < -0.3 is 19.9 Å². The summed E-state index contributed by atoms with van der Waals surface area (Å²) >= 11 is 5.21. The van der Waals surface area contributed by atoms with E-state index in [0.29, 0.717) is 16.4 Å². The largest absolute Gasteiger partial charge is 0.466 e. The molecule has 1 aliphatic heterocycles. The van der Waals surface area contributed by atoms with Crippen molar-refractivity contribution < 1.29 is 9.53 Å². The number of allylic oxidation sites excluding steroid dienone is 1. The summed E-state index contributed by atoms with van der Waals surface area (Å²) in [6.45, 7) is 1.81. The summed E-state index contributed by atoms with van der Waals surface area (Å²) in [4.78, 5) is 16.1. The van der Waals surface area contributed by atoms with E-state index in [1.54, 1.807) is 12.5 Å². The lowest BCUT2D eigenvalue weighted by molar-refractivity contribution is -0.136. The highest BCUT2D eigenvalue weighted by Crippen LogP contribution is 2.28. The van der Waals surface area contributed by atoms with Gasteiger partial charge in [0.15, 0.2) is 5.11 Å². The van der Waals surface area contributed by atoms with Crippen LogP contribution in [0.3, 0.4) is 0 Å². The number of carbonyl (C=O) groups is 1. The van der Waals surface area contributed by atoms with E-state index in [9.17, 15) is 4.79 Å². The number of thiocarbonyl (C=S) groups is 1. The fourth-order valence-corrected chi connectivity index (χ4v) is 2.85. The lowest BCUT2D eigenvalue weighted by atomic mass is 9.95. The maximum atomic E-state index is 12.1. The van der Waals surface area contributed by atoms with Gasteiger partial charge in [-0.1, -0.05) is 12.1 Å². The van der Waals surface area contributed by atoms with Gasteiger partial charge in [-0.2, -0.15) is 0 Å². The van der Waals surface area contributed by atoms with Crippen LogP contribution in [0.4, 0.5) is 0 Å². The minimum Gasteiger partial charge on any atom is -0.466 e. The molecule has 1 atom stereocenters. The Hall–Kier alpha value is -2.67. The van der Waals surface area contributed by atoms with Crippen molar-refractivity contribution >= 4 is 23.3 Å². The van der Waals surface area contributed by atoms with Crippen molar-refractivity contribution in [2.75, 3.05) is 7.11 Å². The molecule has 0 bridgehead atoms. The Labute approximate surface area is 139 Å². The zero-order valence-corrected chi connectivity index (χ0v) is 13.6. The maximum Gasteiger partial charge on any atom is 0.337 e. The summed E-state index contributed by atoms with van der Waals surface area (Å²) in [6, 6.07) is 7.50. The summed E-state index contributed by atoms with van der Waals surface area (Å²) < 4.78 is 6.81. The Morgan fingerprint density at radius 1 is 1.35 bits per heavy atom. The molecule has 0 saturated heterocycles. The molecule has 1 aliphatic rings. The summed E-state index contributed by atoms with van der Waals surface area (Å²) in [7, 11) is 1.37. The van der Waals surface area contributed by atoms with Gasteiger partial charge in [0.1, 0.15) is 0 Å². The summed E-state index contributed by atoms with van der Waals surface area (Å²) in [5.41, 5.74) is 3.14. The van der Waals surface area contributed by atoms with Crippen molar-refractivity contribution in [2.45, 2.75) is 13.0 Å². The summed E-state index contributed by atoms with van der Waals surface area (Å²) in [6.07, 6.45) is 5.33. The first-order valence-corrected chi connectivity index (χ1v) is 7.46. The van der Waals surface area contributed by atoms with Crippen molar-refractivity contribution in [1.29, 1.82) is 0 Å². The molecule has 7 heteroatoms. The van der Waals surface area contributed by atoms with E-state index < -0.39 is 0 Å². The average Bonchev–Trinajstić information content (AvgIpc) is 3.08. The molecule has 3 rings (SSSR count). The van der Waals surface area contributed by atoms with E-state index >= 15 is 0 Å². The number of benzene rings is 1. The van der Waals surface area contributed by atoms with Crippen LogP contribution in [0, 0.1) is 0 Å². The quantitative estimate of drug-likeness (QED) is 0.662. The van der Waals surface area contributed by atoms with Crippen LogP contribution in [-0.2, 0) is 9.53 Å². The minimum absolute atomic E-state index is 0.340. The number of hydrogen-bond acceptors (Lipinski definition) is 4. The van der Waals surface area contributed by atoms with E-state index in [-0.39, 0.29) is 12.0 Å². The normalized spacial score (nSPS) is 17.5. The van der Waals surface area contributed by atoms with E-state index in [1.165, 1.54) is 7.11 Å². The number of nitrogens with one attached hydrogen (secondary N) is 2. The molecule has 1 aromatic carbocycles. The molecule has 0 aliphatic carbocycles. The van der Waals surface area contributed by atoms with Crippen LogP contribution in [-0.4, -0.2) is 27.7 Å². The molecular formula is C16H16N4O2S. The Bertz CT molecular complexity index is 766. The molecular weight excluding hydrogens is 312 g/mol. The van der Waals surface area contributed by atoms with Gasteiger partial charge in [-0.3, -0.25) is 0 Å². The fourth-order valence-electron chi connectivity index (χ4n) is 2.58. The number of nitrogens with zero attached hydrogens (tertiary/aromatic N) is 2. The third-order valence-corrected chi connectivity index (χ3v) is 3.92. The first-order chi connectivity index (χ1) is 11.1. The molecule has 2 N–H and O–H groups in total. The molecule has 23 heavy (non-hydrogen) atoms. The number of esters is 1. The maximum absolute atomic E-state index is 12.1. The van der Waals surface area contributed by atoms with Crippen molar-refractivity contribution in [3.63, 3.8) is 0 Å². The van der Waals surface area contributed by atoms with E-state index in [2.05, 4.69) is 15.6 Å². The monoisotopic (exact) mass is 328 g/mol. The molecule has 2 aromatic rings. The van der Waals surface area contributed by atoms with Crippen LogP contribution < -0.4 is 10.6 Å². The predicted molar refractivity (Wildman–Crippen MR) is 89.9 cm³/mol. The molecule has 0 saturated carbocycles. The summed E-state index contributed by atoms with van der Waals surface area (Å²) in [5, 5.41) is 6.57. The van der Waals surface area contributed by atoms with Crippen LogP contribution >= 0.6 is 12.2 Å². The number of rotatable bonds is 3. The van der Waals surface area contributed by atoms with Crippen molar-refractivity contribution in [3.8, 4) is 5.69 Å². The number of imidazole rings is 1. The molecule has 0 amide bonds. The molecule has 0 spiro atoms. The van der Waals surface area contributed by atoms with Gasteiger partial charge in [-0.25, -0.2) is 9.78 Å². The van der Waals surface area contributed by atoms with Gasteiger partial charge in [0.25, 0.3) is 0 Å². The Kier molecular flexibility index (Phi) is 4.12. The van der Waals surface area contributed by atoms with Crippen LogP contribution in [0.15, 0.2) is 54.3 Å². The SMILES string of the molecule is COC(=O)C1=C(C)NC(=S)N[C@H]1c1ccc(-n2ccnc2)cc1. The zero-order valence-electron chi connectivity index (χ0n) is 12.7. The second-order valence-corrected chi connectivity index (χ2v) is 5.53. The average molecular weight is 328 g/mol. The Morgan fingerprint density at radius 2 is 2.09 bits per heavy atom. The smallest absolute Gasteiger partial charge is 0.337 e. The van der Waals surface area contributed by atoms with Gasteiger partial charge >= 0.3 is 5.97 Å². The minimum atomic E-state index is -0.381. The Morgan fingerprint density at radius 3 is 2.70 bits per heavy atom. The van der Waals surface area contributed by atoms with E-state index in [1.807, 2.05) is 42.0 Å². The first-order valence-electron chi connectivity index (χ1n) is 7.05. The van der Waals surface area contributed by atoms with Gasteiger partial charge in [0, 0.05) is 23.8 Å². The highest BCUT2D eigenvalue weighted by Gasteiger charge is 2.30. The Balaban J connectivity index is 1.97. The third-order valence-electron chi connectivity index (χ3n) is 3.70. The molecule has 0 unspecified atom stereocenters. The number of aromatic nitrogens is 2. The highest BCUT2D eigenvalue weighted by molar-refractivity contribution is 7.80. The first kappa shape index (κ1) is 15.2. The highest BCUT2D eigenvalue weighted by atomic mass is 32.1. The number of ether oxygens (including phenoxy) is 1. The van der Waals surface area contributed by atoms with Gasteiger partial charge in [0.05, 0.1) is 25.1 Å². The number of hydrogen-bond donors (Lipinski definition) is 2. The molecule has 0 fully saturated rings. The lowest BCUT2D eigenvalue weighted by Crippen LogP contribution is -2.45. The standard InChI is InChI=1S/C16H16N4O2S/c1-10-13(15(21)22-2)14(19-16(23)18-10)11-3-5-12(6-4-11)20-8-7-17-9-20/h3-9,14H,1-2H3,(H2,18,19,23)/t14-/m0/s1. The van der Waals surface area contributed by atoms with Gasteiger partial charge in [0.2, 0.25) is 0 Å². The summed E-state index contributed by atoms with van der Waals surface area (Å²) in [5.74, 6) is -0.381. The van der Waals surface area contributed by atoms with Crippen LogP contribution in [0.25, 0.3) is 5.69 Å². The second-order valence-electron chi connectivity index (χ2n) is 5.12.